The molecule has 1 unspecified atom stereocenters. The van der Waals surface area contributed by atoms with Crippen LogP contribution in [0, 0.1) is 6.92 Å². The van der Waals surface area contributed by atoms with Gasteiger partial charge in [0.05, 0.1) is 24.7 Å². The molecule has 1 aromatic carbocycles. The first kappa shape index (κ1) is 20.9. The van der Waals surface area contributed by atoms with Gasteiger partial charge in [-0.3, -0.25) is 14.9 Å². The van der Waals surface area contributed by atoms with Crippen LogP contribution in [0.3, 0.4) is 0 Å². The number of H-pyrrole nitrogens is 1. The summed E-state index contributed by atoms with van der Waals surface area (Å²) in [5, 5.41) is 11.7. The van der Waals surface area contributed by atoms with Gasteiger partial charge >= 0.3 is 0 Å². The van der Waals surface area contributed by atoms with Crippen molar-refractivity contribution in [3.8, 4) is 5.75 Å². The molecular formula is C25H26N6O2. The van der Waals surface area contributed by atoms with Gasteiger partial charge in [0.2, 0.25) is 0 Å². The third-order valence-electron chi connectivity index (χ3n) is 6.04. The summed E-state index contributed by atoms with van der Waals surface area (Å²) in [5.74, 6) is 1.66. The molecule has 2 N–H and O–H groups in total. The number of nitrogens with one attached hydrogen (secondary N) is 2. The van der Waals surface area contributed by atoms with Crippen LogP contribution >= 0.6 is 0 Å². The molecular weight excluding hydrogens is 416 g/mol. The number of hydrogen-bond acceptors (Lipinski definition) is 6. The second-order valence-corrected chi connectivity index (χ2v) is 8.30. The molecule has 33 heavy (non-hydrogen) atoms. The zero-order chi connectivity index (χ0) is 22.8. The number of pyridine rings is 2. The van der Waals surface area contributed by atoms with Crippen LogP contribution in [0.4, 0.5) is 5.82 Å². The highest BCUT2D eigenvalue weighted by Gasteiger charge is 2.29. The number of hydrogen-bond donors (Lipinski definition) is 2. The van der Waals surface area contributed by atoms with Crippen molar-refractivity contribution >= 4 is 22.8 Å². The van der Waals surface area contributed by atoms with E-state index in [0.29, 0.717) is 30.9 Å². The number of amides is 1. The second-order valence-electron chi connectivity index (χ2n) is 8.30. The molecule has 4 aromatic rings. The summed E-state index contributed by atoms with van der Waals surface area (Å²) in [5.41, 5.74) is 4.31. The minimum Gasteiger partial charge on any atom is -0.497 e. The molecule has 1 amide bonds. The number of aromatic nitrogens is 4. The minimum atomic E-state index is 0.0234. The maximum Gasteiger partial charge on any atom is 0.254 e. The number of fused-ring (bicyclic) bond motifs is 1. The van der Waals surface area contributed by atoms with Gasteiger partial charge in [-0.1, -0.05) is 12.1 Å². The highest BCUT2D eigenvalue weighted by atomic mass is 16.5. The van der Waals surface area contributed by atoms with Gasteiger partial charge in [0.15, 0.2) is 11.5 Å². The fourth-order valence-electron chi connectivity index (χ4n) is 4.28. The molecule has 1 saturated heterocycles. The number of anilines is 1. The largest absolute Gasteiger partial charge is 0.497 e. The van der Waals surface area contributed by atoms with E-state index in [9.17, 15) is 4.79 Å². The Morgan fingerprint density at radius 1 is 1.18 bits per heavy atom. The van der Waals surface area contributed by atoms with E-state index in [2.05, 4.69) is 20.5 Å². The van der Waals surface area contributed by atoms with Crippen molar-refractivity contribution < 1.29 is 9.53 Å². The molecule has 0 spiro atoms. The number of methoxy groups -OCH3 is 1. The fraction of sp³-hybridized carbons (Fsp3) is 0.280. The Hall–Kier alpha value is -3.94. The van der Waals surface area contributed by atoms with Gasteiger partial charge in [-0.05, 0) is 55.8 Å². The standard InChI is InChI=1S/C25H26N6O2/c1-16-5-3-7-19(27-16)14-26-23-21-9-10-22(28-24(21)30-29-23)18-11-12-31(15-18)25(32)17-6-4-8-20(13-17)33-2/h3-10,13,18H,11-12,14-15H2,1-2H3,(H2,26,28,29,30). The second kappa shape index (κ2) is 8.90. The number of benzene rings is 1. The maximum atomic E-state index is 12.9. The maximum absolute atomic E-state index is 12.9. The normalized spacial score (nSPS) is 15.7. The number of rotatable bonds is 6. The first-order valence-corrected chi connectivity index (χ1v) is 11.1. The van der Waals surface area contributed by atoms with Gasteiger partial charge in [-0.2, -0.15) is 5.10 Å². The molecule has 168 valence electrons. The quantitative estimate of drug-likeness (QED) is 0.470. The number of carbonyl (C=O) groups is 1. The molecule has 0 bridgehead atoms. The molecule has 0 aliphatic carbocycles. The number of ether oxygens (including phenoxy) is 1. The highest BCUT2D eigenvalue weighted by molar-refractivity contribution is 5.95. The Balaban J connectivity index is 1.27. The molecule has 1 atom stereocenters. The van der Waals surface area contributed by atoms with Gasteiger partial charge in [-0.25, -0.2) is 4.98 Å². The van der Waals surface area contributed by atoms with E-state index >= 15 is 0 Å². The van der Waals surface area contributed by atoms with Gasteiger partial charge < -0.3 is 15.0 Å². The summed E-state index contributed by atoms with van der Waals surface area (Å²) in [6, 6.07) is 17.3. The number of aromatic amines is 1. The Labute approximate surface area is 192 Å². The summed E-state index contributed by atoms with van der Waals surface area (Å²) in [6.07, 6.45) is 0.881. The summed E-state index contributed by atoms with van der Waals surface area (Å²) in [7, 11) is 1.60. The van der Waals surface area contributed by atoms with Crippen LogP contribution in [0.15, 0.2) is 54.6 Å². The zero-order valence-electron chi connectivity index (χ0n) is 18.7. The lowest BCUT2D eigenvalue weighted by atomic mass is 10.0. The zero-order valence-corrected chi connectivity index (χ0v) is 18.7. The van der Waals surface area contributed by atoms with Crippen LogP contribution in [0.5, 0.6) is 5.75 Å². The number of aryl methyl sites for hydroxylation is 1. The molecule has 8 nitrogen and oxygen atoms in total. The first-order chi connectivity index (χ1) is 16.1. The fourth-order valence-corrected chi connectivity index (χ4v) is 4.28. The SMILES string of the molecule is COc1cccc(C(=O)N2CCC(c3ccc4c(NCc5cccc(C)n5)n[nH]c4n3)C2)c1. The predicted molar refractivity (Wildman–Crippen MR) is 126 cm³/mol. The Morgan fingerprint density at radius 3 is 2.91 bits per heavy atom. The van der Waals surface area contributed by atoms with Crippen LogP contribution in [-0.2, 0) is 6.54 Å². The van der Waals surface area contributed by atoms with Crippen molar-refractivity contribution in [1.82, 2.24) is 25.1 Å². The van der Waals surface area contributed by atoms with Gasteiger partial charge in [0.1, 0.15) is 5.75 Å². The van der Waals surface area contributed by atoms with E-state index in [1.807, 2.05) is 60.4 Å². The van der Waals surface area contributed by atoms with Crippen molar-refractivity contribution in [3.05, 3.63) is 77.2 Å². The minimum absolute atomic E-state index is 0.0234. The molecule has 1 fully saturated rings. The van der Waals surface area contributed by atoms with Gasteiger partial charge in [0.25, 0.3) is 5.91 Å². The number of carbonyl (C=O) groups excluding carboxylic acids is 1. The third-order valence-corrected chi connectivity index (χ3v) is 6.04. The van der Waals surface area contributed by atoms with Crippen molar-refractivity contribution in [2.24, 2.45) is 0 Å². The summed E-state index contributed by atoms with van der Waals surface area (Å²) < 4.78 is 5.25. The average Bonchev–Trinajstić information content (AvgIpc) is 3.49. The average molecular weight is 443 g/mol. The van der Waals surface area contributed by atoms with E-state index < -0.39 is 0 Å². The monoisotopic (exact) mass is 442 g/mol. The van der Waals surface area contributed by atoms with E-state index in [0.717, 1.165) is 40.4 Å². The van der Waals surface area contributed by atoms with Gasteiger partial charge in [-0.15, -0.1) is 0 Å². The van der Waals surface area contributed by atoms with Crippen LogP contribution in [-0.4, -0.2) is 51.2 Å². The van der Waals surface area contributed by atoms with E-state index in [1.165, 1.54) is 0 Å². The van der Waals surface area contributed by atoms with Crippen molar-refractivity contribution in [1.29, 1.82) is 0 Å². The summed E-state index contributed by atoms with van der Waals surface area (Å²) in [6.45, 7) is 3.92. The van der Waals surface area contributed by atoms with Crippen molar-refractivity contribution in [3.63, 3.8) is 0 Å². The number of nitrogens with zero attached hydrogens (tertiary/aromatic N) is 4. The Bertz CT molecular complexity index is 1300. The third kappa shape index (κ3) is 4.37. The lowest BCUT2D eigenvalue weighted by Gasteiger charge is -2.17. The van der Waals surface area contributed by atoms with Crippen LogP contribution < -0.4 is 10.1 Å². The lowest BCUT2D eigenvalue weighted by molar-refractivity contribution is 0.0790. The van der Waals surface area contributed by atoms with Crippen LogP contribution in [0.1, 0.15) is 39.8 Å². The first-order valence-electron chi connectivity index (χ1n) is 11.1. The van der Waals surface area contributed by atoms with Crippen molar-refractivity contribution in [2.45, 2.75) is 25.8 Å². The molecule has 1 aliphatic rings. The van der Waals surface area contributed by atoms with E-state index in [4.69, 9.17) is 9.72 Å². The molecule has 1 aliphatic heterocycles. The number of likely N-dealkylation sites (tertiary alicyclic amines) is 1. The molecule has 0 radical (unpaired) electrons. The molecule has 5 rings (SSSR count). The molecule has 4 heterocycles. The van der Waals surface area contributed by atoms with Crippen LogP contribution in [0.2, 0.25) is 0 Å². The van der Waals surface area contributed by atoms with Crippen LogP contribution in [0.25, 0.3) is 11.0 Å². The molecule has 0 saturated carbocycles. The molecule has 8 heteroatoms. The van der Waals surface area contributed by atoms with E-state index in [-0.39, 0.29) is 11.8 Å². The highest BCUT2D eigenvalue weighted by Crippen LogP contribution is 2.30. The smallest absolute Gasteiger partial charge is 0.254 e. The van der Waals surface area contributed by atoms with Gasteiger partial charge in [0, 0.05) is 36.0 Å². The lowest BCUT2D eigenvalue weighted by Crippen LogP contribution is -2.28. The Morgan fingerprint density at radius 2 is 2.06 bits per heavy atom. The van der Waals surface area contributed by atoms with Crippen molar-refractivity contribution in [2.75, 3.05) is 25.5 Å². The molecule has 3 aromatic heterocycles. The van der Waals surface area contributed by atoms with E-state index in [1.54, 1.807) is 13.2 Å². The topological polar surface area (TPSA) is 96.0 Å². The summed E-state index contributed by atoms with van der Waals surface area (Å²) >= 11 is 0. The Kier molecular flexibility index (Phi) is 5.64. The summed E-state index contributed by atoms with van der Waals surface area (Å²) in [4.78, 5) is 24.2. The predicted octanol–water partition coefficient (Wildman–Crippen LogP) is 3.91.